The predicted octanol–water partition coefficient (Wildman–Crippen LogP) is 5.10. The zero-order valence-corrected chi connectivity index (χ0v) is 16.9. The molecule has 1 saturated heterocycles. The third kappa shape index (κ3) is 5.19. The third-order valence-electron chi connectivity index (χ3n) is 4.98. The molecule has 0 saturated carbocycles. The summed E-state index contributed by atoms with van der Waals surface area (Å²) in [6, 6.07) is 26.0. The highest BCUT2D eigenvalue weighted by atomic mass is 32.2. The van der Waals surface area contributed by atoms with Crippen molar-refractivity contribution in [1.29, 1.82) is 0 Å². The molecule has 5 heteroatoms. The molecule has 0 aromatic heterocycles. The van der Waals surface area contributed by atoms with Crippen LogP contribution in [-0.4, -0.2) is 17.0 Å². The van der Waals surface area contributed by atoms with Gasteiger partial charge in [0, 0.05) is 28.3 Å². The number of rotatable bonds is 6. The van der Waals surface area contributed by atoms with Crippen molar-refractivity contribution in [3.63, 3.8) is 0 Å². The Morgan fingerprint density at radius 2 is 1.69 bits per heavy atom. The summed E-state index contributed by atoms with van der Waals surface area (Å²) >= 11 is 1.79. The molecule has 3 N–H and O–H groups in total. The van der Waals surface area contributed by atoms with E-state index in [-0.39, 0.29) is 18.8 Å². The van der Waals surface area contributed by atoms with Gasteiger partial charge in [-0.1, -0.05) is 54.6 Å². The molecule has 0 radical (unpaired) electrons. The second-order valence-electron chi connectivity index (χ2n) is 7.14. The number of hydrogen-bond donors (Lipinski definition) is 2. The van der Waals surface area contributed by atoms with Crippen LogP contribution in [0.25, 0.3) is 0 Å². The fourth-order valence-corrected chi connectivity index (χ4v) is 4.38. The van der Waals surface area contributed by atoms with E-state index < -0.39 is 6.29 Å². The molecule has 0 aliphatic carbocycles. The topological polar surface area (TPSA) is 64.7 Å². The van der Waals surface area contributed by atoms with Crippen LogP contribution in [0.5, 0.6) is 0 Å². The number of aliphatic hydroxyl groups is 1. The predicted molar refractivity (Wildman–Crippen MR) is 116 cm³/mol. The highest BCUT2D eigenvalue weighted by Crippen LogP contribution is 2.39. The fourth-order valence-electron chi connectivity index (χ4n) is 3.43. The van der Waals surface area contributed by atoms with Gasteiger partial charge in [-0.3, -0.25) is 0 Å². The first-order valence-corrected chi connectivity index (χ1v) is 10.7. The van der Waals surface area contributed by atoms with E-state index in [4.69, 9.17) is 15.2 Å². The molecule has 3 atom stereocenters. The summed E-state index contributed by atoms with van der Waals surface area (Å²) in [5.41, 5.74) is 9.58. The Hall–Kier alpha value is -2.31. The molecule has 4 rings (SSSR count). The quantitative estimate of drug-likeness (QED) is 0.440. The van der Waals surface area contributed by atoms with Gasteiger partial charge in [-0.25, -0.2) is 0 Å². The van der Waals surface area contributed by atoms with Crippen LogP contribution in [0.3, 0.4) is 0 Å². The van der Waals surface area contributed by atoms with E-state index in [1.807, 2.05) is 66.7 Å². The lowest BCUT2D eigenvalue weighted by Gasteiger charge is -2.36. The molecule has 1 aliphatic heterocycles. The van der Waals surface area contributed by atoms with E-state index in [9.17, 15) is 5.11 Å². The minimum atomic E-state index is -0.462. The van der Waals surface area contributed by atoms with Gasteiger partial charge < -0.3 is 20.3 Å². The summed E-state index contributed by atoms with van der Waals surface area (Å²) in [6.07, 6.45) is 0.278. The summed E-state index contributed by atoms with van der Waals surface area (Å²) in [6.45, 7) is 0.0389. The number of thioether (sulfide) groups is 1. The normalized spacial score (nSPS) is 21.8. The van der Waals surface area contributed by atoms with Crippen molar-refractivity contribution in [1.82, 2.24) is 0 Å². The second kappa shape index (κ2) is 9.46. The van der Waals surface area contributed by atoms with Gasteiger partial charge in [-0.15, -0.1) is 11.8 Å². The first kappa shape index (κ1) is 20.0. The summed E-state index contributed by atoms with van der Waals surface area (Å²) in [5, 5.41) is 9.31. The van der Waals surface area contributed by atoms with Crippen LogP contribution in [0.1, 0.15) is 35.5 Å². The zero-order chi connectivity index (χ0) is 20.1. The lowest BCUT2D eigenvalue weighted by Crippen LogP contribution is -2.31. The second-order valence-corrected chi connectivity index (χ2v) is 8.24. The monoisotopic (exact) mass is 407 g/mol. The van der Waals surface area contributed by atoms with E-state index >= 15 is 0 Å². The molecule has 0 amide bonds. The largest absolute Gasteiger partial charge is 0.399 e. The molecule has 3 aromatic rings. The maximum atomic E-state index is 9.31. The minimum absolute atomic E-state index is 0.0389. The first-order chi connectivity index (χ1) is 14.2. The Balaban J connectivity index is 1.53. The SMILES string of the molecule is Nc1cccc(C2OC(CSc3ccccc3)CC(c3ccc(CO)cc3)O2)c1. The highest BCUT2D eigenvalue weighted by Gasteiger charge is 2.32. The van der Waals surface area contributed by atoms with Crippen LogP contribution in [-0.2, 0) is 16.1 Å². The van der Waals surface area contributed by atoms with Crippen molar-refractivity contribution in [3.05, 3.63) is 95.6 Å². The van der Waals surface area contributed by atoms with Crippen molar-refractivity contribution in [2.75, 3.05) is 11.5 Å². The third-order valence-corrected chi connectivity index (χ3v) is 6.12. The number of benzene rings is 3. The van der Waals surface area contributed by atoms with Gasteiger partial charge in [0.25, 0.3) is 0 Å². The van der Waals surface area contributed by atoms with E-state index in [0.717, 1.165) is 28.9 Å². The standard InChI is InChI=1S/C24H25NO3S/c25-20-6-4-5-19(13-20)24-27-21(16-29-22-7-2-1-3-8-22)14-23(28-24)18-11-9-17(15-26)10-12-18/h1-13,21,23-24,26H,14-16,25H2. The highest BCUT2D eigenvalue weighted by molar-refractivity contribution is 7.99. The first-order valence-electron chi connectivity index (χ1n) is 9.75. The van der Waals surface area contributed by atoms with Gasteiger partial charge in [-0.05, 0) is 35.4 Å². The van der Waals surface area contributed by atoms with Crippen molar-refractivity contribution < 1.29 is 14.6 Å². The Morgan fingerprint density at radius 3 is 2.41 bits per heavy atom. The maximum absolute atomic E-state index is 9.31. The van der Waals surface area contributed by atoms with Crippen molar-refractivity contribution in [2.24, 2.45) is 0 Å². The van der Waals surface area contributed by atoms with Crippen molar-refractivity contribution in [3.8, 4) is 0 Å². The van der Waals surface area contributed by atoms with Gasteiger partial charge in [-0.2, -0.15) is 0 Å². The molecule has 3 aromatic carbocycles. The number of nitrogens with two attached hydrogens (primary N) is 1. The molecule has 0 spiro atoms. The van der Waals surface area contributed by atoms with Crippen LogP contribution in [0.2, 0.25) is 0 Å². The Morgan fingerprint density at radius 1 is 0.897 bits per heavy atom. The average molecular weight is 408 g/mol. The van der Waals surface area contributed by atoms with Crippen LogP contribution in [0.4, 0.5) is 5.69 Å². The number of anilines is 1. The number of ether oxygens (including phenoxy) is 2. The number of nitrogen functional groups attached to an aromatic ring is 1. The van der Waals surface area contributed by atoms with Crippen LogP contribution in [0.15, 0.2) is 83.8 Å². The average Bonchev–Trinajstić information content (AvgIpc) is 2.78. The van der Waals surface area contributed by atoms with Gasteiger partial charge in [0.1, 0.15) is 0 Å². The van der Waals surface area contributed by atoms with E-state index in [1.54, 1.807) is 11.8 Å². The molecular formula is C24H25NO3S. The molecule has 3 unspecified atom stereocenters. The van der Waals surface area contributed by atoms with Gasteiger partial charge in [0.05, 0.1) is 18.8 Å². The van der Waals surface area contributed by atoms with Crippen molar-refractivity contribution in [2.45, 2.75) is 36.4 Å². The van der Waals surface area contributed by atoms with Crippen molar-refractivity contribution >= 4 is 17.4 Å². The van der Waals surface area contributed by atoms with Crippen LogP contribution >= 0.6 is 11.8 Å². The molecule has 4 nitrogen and oxygen atoms in total. The summed E-state index contributed by atoms with van der Waals surface area (Å²) in [7, 11) is 0. The van der Waals surface area contributed by atoms with Crippen LogP contribution < -0.4 is 5.73 Å². The summed E-state index contributed by atoms with van der Waals surface area (Å²) < 4.78 is 12.6. The van der Waals surface area contributed by atoms with Gasteiger partial charge in [0.2, 0.25) is 0 Å². The number of aliphatic hydroxyl groups excluding tert-OH is 1. The van der Waals surface area contributed by atoms with Gasteiger partial charge >= 0.3 is 0 Å². The Labute approximate surface area is 175 Å². The fraction of sp³-hybridized carbons (Fsp3) is 0.250. The molecule has 150 valence electrons. The Bertz CT molecular complexity index is 917. The van der Waals surface area contributed by atoms with Crippen LogP contribution in [0, 0.1) is 0 Å². The Kier molecular flexibility index (Phi) is 6.52. The summed E-state index contributed by atoms with van der Waals surface area (Å²) in [5.74, 6) is 0.845. The maximum Gasteiger partial charge on any atom is 0.184 e. The number of hydrogen-bond acceptors (Lipinski definition) is 5. The molecule has 0 bridgehead atoms. The molecular weight excluding hydrogens is 382 g/mol. The van der Waals surface area contributed by atoms with Gasteiger partial charge in [0.15, 0.2) is 6.29 Å². The minimum Gasteiger partial charge on any atom is -0.399 e. The van der Waals surface area contributed by atoms with E-state index in [2.05, 4.69) is 12.1 Å². The molecule has 1 fully saturated rings. The molecule has 1 aliphatic rings. The van der Waals surface area contributed by atoms with E-state index in [0.29, 0.717) is 5.69 Å². The zero-order valence-electron chi connectivity index (χ0n) is 16.1. The lowest BCUT2D eigenvalue weighted by molar-refractivity contribution is -0.245. The molecule has 29 heavy (non-hydrogen) atoms. The summed E-state index contributed by atoms with van der Waals surface area (Å²) in [4.78, 5) is 1.23. The lowest BCUT2D eigenvalue weighted by atomic mass is 10.0. The van der Waals surface area contributed by atoms with E-state index in [1.165, 1.54) is 4.90 Å². The molecule has 1 heterocycles. The smallest absolute Gasteiger partial charge is 0.184 e.